The lowest BCUT2D eigenvalue weighted by Gasteiger charge is -2.24. The number of fused-ring (bicyclic) bond motifs is 1. The number of methoxy groups -OCH3 is 1. The molecule has 0 bridgehead atoms. The minimum absolute atomic E-state index is 0.0860. The van der Waals surface area contributed by atoms with Crippen LogP contribution in [0.2, 0.25) is 5.02 Å². The molecular weight excluding hydrogens is 498 g/mol. The summed E-state index contributed by atoms with van der Waals surface area (Å²) < 4.78 is 5.23. The molecule has 10 nitrogen and oxygen atoms in total. The first-order chi connectivity index (χ1) is 17.3. The van der Waals surface area contributed by atoms with E-state index < -0.39 is 41.3 Å². The average molecular weight is 534 g/mol. The number of ether oxygens (including phenoxy) is 1. The molecule has 0 saturated carbocycles. The number of halogens is 1. The van der Waals surface area contributed by atoms with E-state index in [0.29, 0.717) is 34.5 Å². The third kappa shape index (κ3) is 6.94. The first-order valence-corrected chi connectivity index (χ1v) is 12.8. The van der Waals surface area contributed by atoms with Crippen molar-refractivity contribution >= 4 is 46.1 Å². The van der Waals surface area contributed by atoms with E-state index in [1.807, 2.05) is 27.7 Å². The van der Waals surface area contributed by atoms with Crippen molar-refractivity contribution in [2.45, 2.75) is 71.0 Å². The van der Waals surface area contributed by atoms with Gasteiger partial charge in [-0.25, -0.2) is 0 Å². The molecule has 1 aromatic carbocycles. The molecule has 1 aromatic heterocycles. The zero-order chi connectivity index (χ0) is 27.5. The van der Waals surface area contributed by atoms with Crippen LogP contribution in [0.25, 0.3) is 10.9 Å². The van der Waals surface area contributed by atoms with Gasteiger partial charge in [-0.05, 0) is 51.2 Å². The van der Waals surface area contributed by atoms with Crippen LogP contribution in [-0.2, 0) is 14.4 Å². The number of aromatic nitrogens is 1. The highest BCUT2D eigenvalue weighted by Crippen LogP contribution is 2.30. The van der Waals surface area contributed by atoms with Gasteiger partial charge in [0.15, 0.2) is 0 Å². The molecule has 3 rings (SSSR count). The number of rotatable bonds is 11. The Morgan fingerprint density at radius 1 is 1.22 bits per heavy atom. The van der Waals surface area contributed by atoms with E-state index in [0.717, 1.165) is 6.42 Å². The number of carbonyl (C=O) groups excluding carboxylic acids is 4. The van der Waals surface area contributed by atoms with Crippen LogP contribution < -0.4 is 26.4 Å². The van der Waals surface area contributed by atoms with E-state index in [2.05, 4.69) is 20.9 Å². The van der Waals surface area contributed by atoms with Gasteiger partial charge in [-0.15, -0.1) is 0 Å². The fraction of sp³-hybridized carbons (Fsp3) is 0.538. The number of aromatic amines is 1. The molecule has 37 heavy (non-hydrogen) atoms. The second kappa shape index (κ2) is 11.4. The fourth-order valence-electron chi connectivity index (χ4n) is 4.64. The summed E-state index contributed by atoms with van der Waals surface area (Å²) in [6, 6.07) is 3.04. The third-order valence-corrected chi connectivity index (χ3v) is 7.16. The van der Waals surface area contributed by atoms with E-state index in [1.54, 1.807) is 18.2 Å². The van der Waals surface area contributed by atoms with Gasteiger partial charge in [0, 0.05) is 22.9 Å². The molecule has 202 valence electrons. The normalized spacial score (nSPS) is 19.1. The van der Waals surface area contributed by atoms with Crippen LogP contribution in [0.3, 0.4) is 0 Å². The van der Waals surface area contributed by atoms with Gasteiger partial charge in [-0.3, -0.25) is 19.2 Å². The highest BCUT2D eigenvalue weighted by Gasteiger charge is 2.40. The van der Waals surface area contributed by atoms with Gasteiger partial charge in [-0.2, -0.15) is 0 Å². The van der Waals surface area contributed by atoms with Crippen LogP contribution in [0.15, 0.2) is 18.2 Å². The fourth-order valence-corrected chi connectivity index (χ4v) is 4.90. The van der Waals surface area contributed by atoms with Gasteiger partial charge in [0.25, 0.3) is 5.91 Å². The predicted molar refractivity (Wildman–Crippen MR) is 141 cm³/mol. The maximum Gasteiger partial charge on any atom is 0.268 e. The zero-order valence-electron chi connectivity index (χ0n) is 21.9. The smallest absolute Gasteiger partial charge is 0.268 e. The van der Waals surface area contributed by atoms with Crippen molar-refractivity contribution in [2.75, 3.05) is 7.11 Å². The summed E-state index contributed by atoms with van der Waals surface area (Å²) in [7, 11) is 1.52. The maximum atomic E-state index is 13.3. The summed E-state index contributed by atoms with van der Waals surface area (Å²) >= 11 is 6.31. The summed E-state index contributed by atoms with van der Waals surface area (Å²) in [5, 5.41) is 9.41. The van der Waals surface area contributed by atoms with Crippen LogP contribution >= 0.6 is 11.6 Å². The Morgan fingerprint density at radius 3 is 2.49 bits per heavy atom. The summed E-state index contributed by atoms with van der Waals surface area (Å²) in [6.45, 7) is 7.75. The van der Waals surface area contributed by atoms with Crippen molar-refractivity contribution < 1.29 is 23.9 Å². The molecule has 1 aliphatic heterocycles. The summed E-state index contributed by atoms with van der Waals surface area (Å²) in [5.41, 5.74) is 5.98. The lowest BCUT2D eigenvalue weighted by Crippen LogP contribution is -2.54. The molecule has 0 radical (unpaired) electrons. The molecule has 0 spiro atoms. The van der Waals surface area contributed by atoms with E-state index in [4.69, 9.17) is 22.1 Å². The topological polar surface area (TPSA) is 155 Å². The quantitative estimate of drug-likeness (QED) is 0.300. The molecule has 4 amide bonds. The lowest BCUT2D eigenvalue weighted by atomic mass is 9.91. The van der Waals surface area contributed by atoms with Gasteiger partial charge < -0.3 is 31.4 Å². The number of H-pyrrole nitrogens is 1. The first kappa shape index (κ1) is 28.3. The molecule has 1 saturated heterocycles. The van der Waals surface area contributed by atoms with Crippen LogP contribution in [0.5, 0.6) is 5.75 Å². The Balaban J connectivity index is 1.77. The maximum absolute atomic E-state index is 13.3. The SMILES string of the molecule is CCC(C)C[C@H](NC(=O)c1cc2cc(OC)cc(Cl)c2[nH]1)C(=O)N[C@@H](C[C@@H]1CC(C)(C)NC1=O)C(N)=O. The number of hydrogen-bond acceptors (Lipinski definition) is 5. The van der Waals surface area contributed by atoms with Crippen LogP contribution in [-0.4, -0.2) is 53.3 Å². The monoisotopic (exact) mass is 533 g/mol. The molecule has 1 aliphatic rings. The van der Waals surface area contributed by atoms with Crippen LogP contribution in [0.1, 0.15) is 63.9 Å². The summed E-state index contributed by atoms with van der Waals surface area (Å²) in [4.78, 5) is 53.9. The third-order valence-electron chi connectivity index (χ3n) is 6.86. The molecule has 4 atom stereocenters. The summed E-state index contributed by atoms with van der Waals surface area (Å²) in [5.74, 6) is -1.74. The molecule has 2 heterocycles. The minimum atomic E-state index is -1.05. The Morgan fingerprint density at radius 2 is 1.92 bits per heavy atom. The van der Waals surface area contributed by atoms with E-state index in [1.165, 1.54) is 7.11 Å². The Labute approximate surface area is 221 Å². The van der Waals surface area contributed by atoms with Gasteiger partial charge >= 0.3 is 0 Å². The molecule has 1 fully saturated rings. The minimum Gasteiger partial charge on any atom is -0.497 e. The molecular formula is C26H36ClN5O5. The number of benzene rings is 1. The van der Waals surface area contributed by atoms with E-state index >= 15 is 0 Å². The first-order valence-electron chi connectivity index (χ1n) is 12.4. The molecule has 2 aromatic rings. The number of hydrogen-bond donors (Lipinski definition) is 5. The van der Waals surface area contributed by atoms with E-state index in [-0.39, 0.29) is 23.9 Å². The second-order valence-corrected chi connectivity index (χ2v) is 10.9. The number of nitrogens with two attached hydrogens (primary N) is 1. The number of carbonyl (C=O) groups is 4. The van der Waals surface area contributed by atoms with Crippen molar-refractivity contribution in [1.29, 1.82) is 0 Å². The van der Waals surface area contributed by atoms with Gasteiger partial charge in [0.05, 0.1) is 17.6 Å². The standard InChI is InChI=1S/C26H36ClN5O5/c1-6-13(2)7-19(24(35)30-18(22(28)33)10-15-12-26(3,4)32-23(15)34)31-25(36)20-9-14-8-16(37-5)11-17(27)21(14)29-20/h8-9,11,13,15,18-19,29H,6-7,10,12H2,1-5H3,(H2,28,33)(H,30,35)(H,31,36)(H,32,34)/t13?,15-,18+,19+/m1/s1. The van der Waals surface area contributed by atoms with E-state index in [9.17, 15) is 19.2 Å². The zero-order valence-corrected chi connectivity index (χ0v) is 22.6. The number of primary amides is 1. The van der Waals surface area contributed by atoms with Gasteiger partial charge in [0.2, 0.25) is 17.7 Å². The molecule has 11 heteroatoms. The van der Waals surface area contributed by atoms with Crippen LogP contribution in [0, 0.1) is 11.8 Å². The summed E-state index contributed by atoms with van der Waals surface area (Å²) in [6.07, 6.45) is 1.75. The lowest BCUT2D eigenvalue weighted by molar-refractivity contribution is -0.130. The number of nitrogens with one attached hydrogen (secondary N) is 4. The highest BCUT2D eigenvalue weighted by molar-refractivity contribution is 6.35. The predicted octanol–water partition coefficient (Wildman–Crippen LogP) is 2.64. The van der Waals surface area contributed by atoms with Crippen molar-refractivity contribution in [3.63, 3.8) is 0 Å². The van der Waals surface area contributed by atoms with Gasteiger partial charge in [-0.1, -0.05) is 31.9 Å². The van der Waals surface area contributed by atoms with Crippen molar-refractivity contribution in [3.05, 3.63) is 28.9 Å². The second-order valence-electron chi connectivity index (χ2n) is 10.5. The number of amides is 4. The Bertz CT molecular complexity index is 1190. The van der Waals surface area contributed by atoms with Crippen molar-refractivity contribution in [2.24, 2.45) is 17.6 Å². The molecule has 1 unspecified atom stereocenters. The Hall–Kier alpha value is -3.27. The molecule has 6 N–H and O–H groups in total. The average Bonchev–Trinajstić information content (AvgIpc) is 3.37. The highest BCUT2D eigenvalue weighted by atomic mass is 35.5. The van der Waals surface area contributed by atoms with Crippen molar-refractivity contribution in [3.8, 4) is 5.75 Å². The molecule has 0 aliphatic carbocycles. The van der Waals surface area contributed by atoms with Crippen LogP contribution in [0.4, 0.5) is 0 Å². The van der Waals surface area contributed by atoms with Crippen molar-refractivity contribution in [1.82, 2.24) is 20.9 Å². The Kier molecular flexibility index (Phi) is 8.73. The van der Waals surface area contributed by atoms with Gasteiger partial charge in [0.1, 0.15) is 23.5 Å². The largest absolute Gasteiger partial charge is 0.497 e.